The van der Waals surface area contributed by atoms with Crippen LogP contribution in [0.4, 0.5) is 0 Å². The van der Waals surface area contributed by atoms with Crippen molar-refractivity contribution in [3.63, 3.8) is 0 Å². The molecule has 0 atom stereocenters. The Morgan fingerprint density at radius 2 is 0.781 bits per heavy atom. The molecule has 0 radical (unpaired) electrons. The molecule has 2 spiro atoms. The Balaban J connectivity index is 0.952. The summed E-state index contributed by atoms with van der Waals surface area (Å²) in [6.07, 6.45) is 0. The first kappa shape index (κ1) is 40.2. The van der Waals surface area contributed by atoms with Crippen molar-refractivity contribution in [1.82, 2.24) is 15.0 Å². The van der Waals surface area contributed by atoms with Crippen LogP contribution >= 0.6 is 0 Å². The fourth-order valence-corrected chi connectivity index (χ4v) is 13.3. The highest BCUT2D eigenvalue weighted by atomic mass is 16.3. The van der Waals surface area contributed by atoms with Gasteiger partial charge < -0.3 is 4.42 Å². The lowest BCUT2D eigenvalue weighted by Gasteiger charge is -2.48. The van der Waals surface area contributed by atoms with Crippen LogP contribution in [0.3, 0.4) is 0 Å². The third kappa shape index (κ3) is 5.36. The zero-order chi connectivity index (χ0) is 47.8. The Labute approximate surface area is 421 Å². The van der Waals surface area contributed by atoms with Crippen molar-refractivity contribution >= 4 is 32.7 Å². The second-order valence-electron chi connectivity index (χ2n) is 19.7. The first-order chi connectivity index (χ1) is 36.2. The van der Waals surface area contributed by atoms with Crippen molar-refractivity contribution in [1.29, 1.82) is 0 Å². The summed E-state index contributed by atoms with van der Waals surface area (Å²) in [6, 6.07) is 90.6. The Bertz CT molecular complexity index is 4370. The topological polar surface area (TPSA) is 51.8 Å². The van der Waals surface area contributed by atoms with Crippen molar-refractivity contribution < 1.29 is 4.42 Å². The van der Waals surface area contributed by atoms with E-state index in [0.717, 1.165) is 66.1 Å². The number of nitrogens with zero attached hydrogens (tertiary/aromatic N) is 3. The lowest BCUT2D eigenvalue weighted by Crippen LogP contribution is -2.43. The number of hydrogen-bond donors (Lipinski definition) is 0. The molecular weight excluding hydrogens is 887 g/mol. The van der Waals surface area contributed by atoms with Crippen LogP contribution in [0.5, 0.6) is 0 Å². The van der Waals surface area contributed by atoms with E-state index in [4.69, 9.17) is 19.4 Å². The zero-order valence-corrected chi connectivity index (χ0v) is 39.4. The summed E-state index contributed by atoms with van der Waals surface area (Å²) in [5.74, 6) is 1.89. The van der Waals surface area contributed by atoms with Crippen LogP contribution in [0.2, 0.25) is 0 Å². The molecule has 0 saturated carbocycles. The van der Waals surface area contributed by atoms with E-state index in [1.54, 1.807) is 0 Å². The quantitative estimate of drug-likeness (QED) is 0.176. The van der Waals surface area contributed by atoms with Crippen molar-refractivity contribution in [3.05, 3.63) is 293 Å². The molecule has 3 aliphatic carbocycles. The number of rotatable bonds is 4. The number of hydrogen-bond acceptors (Lipinski definition) is 4. The van der Waals surface area contributed by atoms with Gasteiger partial charge in [0.2, 0.25) is 0 Å². The van der Waals surface area contributed by atoms with Crippen LogP contribution in [-0.2, 0) is 10.8 Å². The minimum atomic E-state index is -0.706. The number of fused-ring (bicyclic) bond motifs is 21. The highest BCUT2D eigenvalue weighted by molar-refractivity contribution is 6.13. The maximum absolute atomic E-state index is 7.02. The van der Waals surface area contributed by atoms with Crippen LogP contribution in [0, 0.1) is 0 Å². The highest BCUT2D eigenvalue weighted by Crippen LogP contribution is 2.68. The number of para-hydroxylation sites is 1. The normalized spacial score (nSPS) is 14.0. The summed E-state index contributed by atoms with van der Waals surface area (Å²) in [4.78, 5) is 15.6. The minimum Gasteiger partial charge on any atom is -0.455 e. The van der Waals surface area contributed by atoms with Gasteiger partial charge in [0.25, 0.3) is 0 Å². The van der Waals surface area contributed by atoms with Gasteiger partial charge in [-0.1, -0.05) is 231 Å². The molecule has 0 amide bonds. The lowest BCUT2D eigenvalue weighted by atomic mass is 9.52. The van der Waals surface area contributed by atoms with Crippen LogP contribution < -0.4 is 0 Å². The van der Waals surface area contributed by atoms with Gasteiger partial charge in [-0.15, -0.1) is 0 Å². The summed E-state index contributed by atoms with van der Waals surface area (Å²) in [5, 5.41) is 4.48. The average Bonchev–Trinajstić information content (AvgIpc) is 4.10. The van der Waals surface area contributed by atoms with Gasteiger partial charge in [0.05, 0.1) is 10.8 Å². The molecule has 0 fully saturated rings. The summed E-state index contributed by atoms with van der Waals surface area (Å²) < 4.78 is 7.02. The number of benzene rings is 11. The van der Waals surface area contributed by atoms with Gasteiger partial charge in [0.15, 0.2) is 17.5 Å². The smallest absolute Gasteiger partial charge is 0.164 e. The van der Waals surface area contributed by atoms with Gasteiger partial charge in [0.1, 0.15) is 11.2 Å². The fourth-order valence-electron chi connectivity index (χ4n) is 13.3. The van der Waals surface area contributed by atoms with E-state index in [1.807, 2.05) is 18.2 Å². The third-order valence-electron chi connectivity index (χ3n) is 16.2. The largest absolute Gasteiger partial charge is 0.455 e. The first-order valence-corrected chi connectivity index (χ1v) is 25.1. The second-order valence-corrected chi connectivity index (χ2v) is 19.7. The molecule has 0 unspecified atom stereocenters. The van der Waals surface area contributed by atoms with E-state index in [-0.39, 0.29) is 0 Å². The number of furan rings is 1. The molecule has 0 aliphatic heterocycles. The summed E-state index contributed by atoms with van der Waals surface area (Å²) in [7, 11) is 0. The molecule has 11 aromatic carbocycles. The van der Waals surface area contributed by atoms with E-state index in [1.165, 1.54) is 61.2 Å². The van der Waals surface area contributed by atoms with E-state index < -0.39 is 10.8 Å². The van der Waals surface area contributed by atoms with E-state index in [2.05, 4.69) is 231 Å². The molecule has 13 aromatic rings. The van der Waals surface area contributed by atoms with Crippen molar-refractivity contribution in [2.24, 2.45) is 0 Å². The third-order valence-corrected chi connectivity index (χ3v) is 16.2. The maximum atomic E-state index is 7.02. The van der Waals surface area contributed by atoms with Crippen molar-refractivity contribution in [2.75, 3.05) is 0 Å². The minimum absolute atomic E-state index is 0.544. The van der Waals surface area contributed by atoms with Crippen molar-refractivity contribution in [2.45, 2.75) is 10.8 Å². The highest BCUT2D eigenvalue weighted by Gasteiger charge is 2.59. The van der Waals surface area contributed by atoms with Crippen LogP contribution in [-0.4, -0.2) is 15.0 Å². The van der Waals surface area contributed by atoms with E-state index in [9.17, 15) is 0 Å². The summed E-state index contributed by atoms with van der Waals surface area (Å²) in [6.45, 7) is 0. The summed E-state index contributed by atoms with van der Waals surface area (Å²) in [5.41, 5.74) is 20.7. The Kier molecular flexibility index (Phi) is 8.27. The van der Waals surface area contributed by atoms with Crippen molar-refractivity contribution in [3.8, 4) is 67.5 Å². The molecule has 16 rings (SSSR count). The monoisotopic (exact) mass is 927 g/mol. The molecular formula is C69H41N3O. The molecule has 0 N–H and O–H groups in total. The maximum Gasteiger partial charge on any atom is 0.164 e. The van der Waals surface area contributed by atoms with Gasteiger partial charge in [-0.3, -0.25) is 0 Å². The van der Waals surface area contributed by atoms with Gasteiger partial charge in [-0.05, 0) is 101 Å². The van der Waals surface area contributed by atoms with Gasteiger partial charge in [-0.2, -0.15) is 0 Å². The Morgan fingerprint density at radius 3 is 1.51 bits per heavy atom. The Hall–Kier alpha value is -9.51. The molecule has 73 heavy (non-hydrogen) atoms. The molecule has 2 heterocycles. The molecule has 4 nitrogen and oxygen atoms in total. The number of aromatic nitrogens is 3. The van der Waals surface area contributed by atoms with E-state index in [0.29, 0.717) is 17.5 Å². The first-order valence-electron chi connectivity index (χ1n) is 25.1. The Morgan fingerprint density at radius 1 is 0.274 bits per heavy atom. The average molecular weight is 928 g/mol. The molecule has 3 aliphatic rings. The van der Waals surface area contributed by atoms with Gasteiger partial charge >= 0.3 is 0 Å². The van der Waals surface area contributed by atoms with Crippen LogP contribution in [0.25, 0.3) is 100 Å². The molecule has 0 bridgehead atoms. The molecule has 2 aromatic heterocycles. The van der Waals surface area contributed by atoms with E-state index >= 15 is 0 Å². The predicted molar refractivity (Wildman–Crippen MR) is 295 cm³/mol. The standard InChI is InChI=1S/C69H41N3O/c1-2-19-43(20-3-1)65-70-66(72-67(71-65)52-28-17-21-42-18-4-5-24-47(42)52)46-23-16-22-44(40-46)45-36-37-53-61(41-45)69(60-39-38-51-50-27-8-15-35-62(50)73-64(51)63(53)60)58-33-13-11-31-56(58)68(57-32-12-14-34-59(57)69)54-29-9-6-25-48(54)49-26-7-10-30-55(49)68/h1-41H. The fraction of sp³-hybridized carbons (Fsp3) is 0.0290. The zero-order valence-electron chi connectivity index (χ0n) is 39.4. The van der Waals surface area contributed by atoms with Gasteiger partial charge in [-0.25, -0.2) is 15.0 Å². The van der Waals surface area contributed by atoms with Crippen LogP contribution in [0.1, 0.15) is 44.5 Å². The van der Waals surface area contributed by atoms with Crippen LogP contribution in [0.15, 0.2) is 253 Å². The predicted octanol–water partition coefficient (Wildman–Crippen LogP) is 16.6. The second kappa shape index (κ2) is 15.0. The van der Waals surface area contributed by atoms with Gasteiger partial charge in [0, 0.05) is 33.0 Å². The SMILES string of the molecule is c1ccc(-c2nc(-c3cccc(-c4ccc5c(c4)C4(c6ccccc6C6(c7ccccc7-c7ccccc76)c6ccccc64)c4ccc6c(oc7ccccc76)c4-5)c3)nc(-c3cccc4ccccc34)n2)cc1. The molecule has 338 valence electrons. The lowest BCUT2D eigenvalue weighted by molar-refractivity contribution is 0.631. The summed E-state index contributed by atoms with van der Waals surface area (Å²) >= 11 is 0. The molecule has 0 saturated heterocycles. The molecule has 4 heteroatoms.